The molecule has 0 saturated heterocycles. The third-order valence-corrected chi connectivity index (χ3v) is 3.26. The smallest absolute Gasteiger partial charge is 0.161 e. The van der Waals surface area contributed by atoms with Gasteiger partial charge in [-0.3, -0.25) is 0 Å². The van der Waals surface area contributed by atoms with Gasteiger partial charge in [-0.25, -0.2) is 0 Å². The SMILES string of the molecule is COc1ccc(C(C#N)c2ccccc2C#N)cc1OC. The molecule has 0 bridgehead atoms. The zero-order chi connectivity index (χ0) is 15.2. The third kappa shape index (κ3) is 2.80. The summed E-state index contributed by atoms with van der Waals surface area (Å²) in [6.45, 7) is 0. The van der Waals surface area contributed by atoms with Crippen molar-refractivity contribution in [1.82, 2.24) is 0 Å². The van der Waals surface area contributed by atoms with Gasteiger partial charge in [0.25, 0.3) is 0 Å². The van der Waals surface area contributed by atoms with Gasteiger partial charge in [-0.2, -0.15) is 10.5 Å². The maximum Gasteiger partial charge on any atom is 0.161 e. The Morgan fingerprint density at radius 1 is 0.952 bits per heavy atom. The minimum absolute atomic E-state index is 0.499. The molecule has 2 rings (SSSR count). The van der Waals surface area contributed by atoms with Crippen LogP contribution < -0.4 is 9.47 Å². The molecule has 0 fully saturated rings. The molecule has 4 nitrogen and oxygen atoms in total. The molecular formula is C17H14N2O2. The van der Waals surface area contributed by atoms with E-state index < -0.39 is 5.92 Å². The number of methoxy groups -OCH3 is 2. The fourth-order valence-electron chi connectivity index (χ4n) is 2.21. The van der Waals surface area contributed by atoms with Crippen molar-refractivity contribution in [3.05, 3.63) is 59.2 Å². The molecule has 0 heterocycles. The minimum atomic E-state index is -0.527. The highest BCUT2D eigenvalue weighted by Gasteiger charge is 2.18. The first-order chi connectivity index (χ1) is 10.2. The van der Waals surface area contributed by atoms with Crippen LogP contribution >= 0.6 is 0 Å². The van der Waals surface area contributed by atoms with Gasteiger partial charge in [0.1, 0.15) is 0 Å². The highest BCUT2D eigenvalue weighted by atomic mass is 16.5. The van der Waals surface area contributed by atoms with E-state index in [1.54, 1.807) is 44.6 Å². The van der Waals surface area contributed by atoms with Crippen LogP contribution in [0, 0.1) is 22.7 Å². The fourth-order valence-corrected chi connectivity index (χ4v) is 2.21. The molecule has 0 aliphatic rings. The molecular weight excluding hydrogens is 264 g/mol. The number of rotatable bonds is 4. The van der Waals surface area contributed by atoms with E-state index in [0.29, 0.717) is 22.6 Å². The van der Waals surface area contributed by atoms with E-state index in [9.17, 15) is 10.5 Å². The summed E-state index contributed by atoms with van der Waals surface area (Å²) in [5.74, 6) is 0.636. The van der Waals surface area contributed by atoms with Gasteiger partial charge in [-0.1, -0.05) is 24.3 Å². The number of nitriles is 2. The molecule has 0 saturated carbocycles. The Morgan fingerprint density at radius 2 is 1.67 bits per heavy atom. The number of ether oxygens (including phenoxy) is 2. The highest BCUT2D eigenvalue weighted by Crippen LogP contribution is 2.33. The lowest BCUT2D eigenvalue weighted by molar-refractivity contribution is 0.354. The zero-order valence-electron chi connectivity index (χ0n) is 11.8. The van der Waals surface area contributed by atoms with Gasteiger partial charge >= 0.3 is 0 Å². The Balaban J connectivity index is 2.53. The van der Waals surface area contributed by atoms with Gasteiger partial charge < -0.3 is 9.47 Å². The van der Waals surface area contributed by atoms with Crippen LogP contribution in [0.5, 0.6) is 11.5 Å². The van der Waals surface area contributed by atoms with Crippen LogP contribution in [0.3, 0.4) is 0 Å². The molecule has 4 heteroatoms. The van der Waals surface area contributed by atoms with Gasteiger partial charge in [0, 0.05) is 0 Å². The molecule has 0 amide bonds. The first kappa shape index (κ1) is 14.4. The van der Waals surface area contributed by atoms with E-state index in [2.05, 4.69) is 12.1 Å². The second-order valence-electron chi connectivity index (χ2n) is 4.38. The molecule has 2 aromatic carbocycles. The average Bonchev–Trinajstić information content (AvgIpc) is 2.55. The van der Waals surface area contributed by atoms with E-state index in [0.717, 1.165) is 5.56 Å². The van der Waals surface area contributed by atoms with Crippen molar-refractivity contribution in [1.29, 1.82) is 10.5 Å². The Morgan fingerprint density at radius 3 is 2.29 bits per heavy atom. The fraction of sp³-hybridized carbons (Fsp3) is 0.176. The molecule has 0 radical (unpaired) electrons. The van der Waals surface area contributed by atoms with E-state index in [-0.39, 0.29) is 0 Å². The third-order valence-electron chi connectivity index (χ3n) is 3.26. The topological polar surface area (TPSA) is 66.0 Å². The summed E-state index contributed by atoms with van der Waals surface area (Å²) in [6.07, 6.45) is 0. The van der Waals surface area contributed by atoms with Crippen LogP contribution in [0.2, 0.25) is 0 Å². The van der Waals surface area contributed by atoms with E-state index in [4.69, 9.17) is 9.47 Å². The van der Waals surface area contributed by atoms with E-state index >= 15 is 0 Å². The lowest BCUT2D eigenvalue weighted by Gasteiger charge is -2.14. The second-order valence-corrected chi connectivity index (χ2v) is 4.38. The molecule has 0 aliphatic carbocycles. The summed E-state index contributed by atoms with van der Waals surface area (Å²) in [6, 6.07) is 16.8. The first-order valence-electron chi connectivity index (χ1n) is 6.35. The monoisotopic (exact) mass is 278 g/mol. The molecule has 1 unspecified atom stereocenters. The largest absolute Gasteiger partial charge is 0.493 e. The number of hydrogen-bond acceptors (Lipinski definition) is 4. The van der Waals surface area contributed by atoms with Crippen LogP contribution in [0.15, 0.2) is 42.5 Å². The summed E-state index contributed by atoms with van der Waals surface area (Å²) < 4.78 is 10.5. The van der Waals surface area contributed by atoms with Crippen molar-refractivity contribution in [2.75, 3.05) is 14.2 Å². The molecule has 21 heavy (non-hydrogen) atoms. The van der Waals surface area contributed by atoms with Crippen molar-refractivity contribution in [3.63, 3.8) is 0 Å². The van der Waals surface area contributed by atoms with Crippen LogP contribution in [-0.4, -0.2) is 14.2 Å². The van der Waals surface area contributed by atoms with Gasteiger partial charge in [-0.05, 0) is 29.3 Å². The zero-order valence-corrected chi connectivity index (χ0v) is 11.8. The second kappa shape index (κ2) is 6.45. The molecule has 104 valence electrons. The molecule has 0 aromatic heterocycles. The summed E-state index contributed by atoms with van der Waals surface area (Å²) in [4.78, 5) is 0. The predicted molar refractivity (Wildman–Crippen MR) is 78.2 cm³/mol. The summed E-state index contributed by atoms with van der Waals surface area (Å²) >= 11 is 0. The molecule has 1 atom stereocenters. The molecule has 0 aliphatic heterocycles. The summed E-state index contributed by atoms with van der Waals surface area (Å²) in [5.41, 5.74) is 1.95. The van der Waals surface area contributed by atoms with E-state index in [1.165, 1.54) is 0 Å². The molecule has 0 spiro atoms. The van der Waals surface area contributed by atoms with Gasteiger partial charge in [0.05, 0.1) is 37.8 Å². The maximum absolute atomic E-state index is 9.51. The van der Waals surface area contributed by atoms with Crippen LogP contribution in [0.25, 0.3) is 0 Å². The average molecular weight is 278 g/mol. The molecule has 0 N–H and O–H groups in total. The predicted octanol–water partition coefficient (Wildman–Crippen LogP) is 3.23. The van der Waals surface area contributed by atoms with Gasteiger partial charge in [0.2, 0.25) is 0 Å². The van der Waals surface area contributed by atoms with Gasteiger partial charge in [-0.15, -0.1) is 0 Å². The van der Waals surface area contributed by atoms with Crippen molar-refractivity contribution in [3.8, 4) is 23.6 Å². The Hall–Kier alpha value is -2.98. The summed E-state index contributed by atoms with van der Waals surface area (Å²) in [7, 11) is 3.11. The highest BCUT2D eigenvalue weighted by molar-refractivity contribution is 5.51. The maximum atomic E-state index is 9.51. The lowest BCUT2D eigenvalue weighted by Crippen LogP contribution is -2.02. The summed E-state index contributed by atoms with van der Waals surface area (Å²) in [5, 5.41) is 18.7. The standard InChI is InChI=1S/C17H14N2O2/c1-20-16-8-7-12(9-17(16)21-2)15(11-19)14-6-4-3-5-13(14)10-18/h3-9,15H,1-2H3. The van der Waals surface area contributed by atoms with Crippen LogP contribution in [-0.2, 0) is 0 Å². The van der Waals surface area contributed by atoms with Gasteiger partial charge in [0.15, 0.2) is 11.5 Å². The van der Waals surface area contributed by atoms with Crippen molar-refractivity contribution < 1.29 is 9.47 Å². The number of benzene rings is 2. The quantitative estimate of drug-likeness (QED) is 0.861. The lowest BCUT2D eigenvalue weighted by atomic mass is 9.89. The number of nitrogens with zero attached hydrogens (tertiary/aromatic N) is 2. The van der Waals surface area contributed by atoms with Crippen molar-refractivity contribution >= 4 is 0 Å². The Labute approximate surface area is 123 Å². The first-order valence-corrected chi connectivity index (χ1v) is 6.35. The minimum Gasteiger partial charge on any atom is -0.493 e. The Kier molecular flexibility index (Phi) is 4.43. The van der Waals surface area contributed by atoms with Crippen molar-refractivity contribution in [2.24, 2.45) is 0 Å². The van der Waals surface area contributed by atoms with E-state index in [1.807, 2.05) is 12.1 Å². The van der Waals surface area contributed by atoms with Crippen molar-refractivity contribution in [2.45, 2.75) is 5.92 Å². The van der Waals surface area contributed by atoms with Crippen LogP contribution in [0.4, 0.5) is 0 Å². The van der Waals surface area contributed by atoms with Crippen LogP contribution in [0.1, 0.15) is 22.6 Å². The number of hydrogen-bond donors (Lipinski definition) is 0. The Bertz CT molecular complexity index is 726. The normalized spacial score (nSPS) is 11.0. The molecule has 2 aromatic rings.